The second-order valence-electron chi connectivity index (χ2n) is 10.6. The molecule has 0 bridgehead atoms. The monoisotopic (exact) mass is 653 g/mol. The number of aliphatic hydroxyl groups is 1. The highest BCUT2D eigenvalue weighted by Crippen LogP contribution is 2.44. The highest BCUT2D eigenvalue weighted by Gasteiger charge is 2.48. The smallest absolute Gasteiger partial charge is 0.301 e. The minimum Gasteiger partial charge on any atom is -0.507 e. The van der Waals surface area contributed by atoms with Crippen LogP contribution in [0.4, 0.5) is 5.13 Å². The van der Waals surface area contributed by atoms with Crippen LogP contribution in [-0.2, 0) is 21.9 Å². The van der Waals surface area contributed by atoms with E-state index in [0.717, 1.165) is 22.3 Å². The third-order valence-electron chi connectivity index (χ3n) is 7.36. The number of aromatic nitrogens is 2. The largest absolute Gasteiger partial charge is 0.507 e. The van der Waals surface area contributed by atoms with Crippen LogP contribution in [0.5, 0.6) is 5.75 Å². The van der Waals surface area contributed by atoms with Gasteiger partial charge in [-0.1, -0.05) is 113 Å². The van der Waals surface area contributed by atoms with Crippen LogP contribution < -0.4 is 9.64 Å². The summed E-state index contributed by atoms with van der Waals surface area (Å²) in [6.07, 6.45) is 0. The molecular formula is C35H28ClN3O4S2. The molecule has 10 heteroatoms. The number of hydrogen-bond acceptors (Lipinski definition) is 8. The quantitative estimate of drug-likeness (QED) is 0.0562. The van der Waals surface area contributed by atoms with Crippen LogP contribution in [0.2, 0.25) is 5.02 Å². The van der Waals surface area contributed by atoms with Crippen LogP contribution in [-0.4, -0.2) is 27.0 Å². The van der Waals surface area contributed by atoms with Gasteiger partial charge in [-0.15, -0.1) is 10.2 Å². The van der Waals surface area contributed by atoms with Gasteiger partial charge < -0.3 is 9.84 Å². The number of carbonyl (C=O) groups excluding carboxylic acids is 2. The minimum atomic E-state index is -0.891. The number of nitrogens with zero attached hydrogens (tertiary/aromatic N) is 3. The first-order valence-electron chi connectivity index (χ1n) is 14.1. The second-order valence-corrected chi connectivity index (χ2v) is 13.2. The molecule has 5 aromatic rings. The van der Waals surface area contributed by atoms with Gasteiger partial charge in [-0.05, 0) is 60.9 Å². The number of Topliss-reactive ketones (excluding diaryl/α,β-unsaturated/α-hetero) is 1. The molecule has 1 unspecified atom stereocenters. The molecule has 1 amide bonds. The number of rotatable bonds is 9. The maximum Gasteiger partial charge on any atom is 0.301 e. The van der Waals surface area contributed by atoms with E-state index in [-0.39, 0.29) is 16.5 Å². The van der Waals surface area contributed by atoms with Crippen molar-refractivity contribution in [1.29, 1.82) is 0 Å². The number of halogens is 1. The average molecular weight is 654 g/mol. The summed E-state index contributed by atoms with van der Waals surface area (Å²) in [5, 5.41) is 21.0. The van der Waals surface area contributed by atoms with Crippen LogP contribution in [0.15, 0.2) is 107 Å². The maximum atomic E-state index is 13.6. The molecule has 45 heavy (non-hydrogen) atoms. The SMILES string of the molecule is Cc1ccc(C2C(=C(O)c3ccc(OCc4cccc(C)c4)cc3)C(=O)C(=O)N2c2nnc(SCc3ccccc3Cl)s2)cc1. The second kappa shape index (κ2) is 13.3. The zero-order valence-electron chi connectivity index (χ0n) is 24.4. The Balaban J connectivity index is 1.30. The molecule has 1 aromatic heterocycles. The third-order valence-corrected chi connectivity index (χ3v) is 9.84. The lowest BCUT2D eigenvalue weighted by molar-refractivity contribution is -0.132. The summed E-state index contributed by atoms with van der Waals surface area (Å²) in [5.41, 5.74) is 5.21. The highest BCUT2D eigenvalue weighted by atomic mass is 35.5. The van der Waals surface area contributed by atoms with Gasteiger partial charge in [0.15, 0.2) is 4.34 Å². The Morgan fingerprint density at radius 3 is 2.42 bits per heavy atom. The maximum absolute atomic E-state index is 13.6. The molecule has 1 atom stereocenters. The van der Waals surface area contributed by atoms with Gasteiger partial charge in [0, 0.05) is 16.3 Å². The van der Waals surface area contributed by atoms with Crippen molar-refractivity contribution in [3.8, 4) is 5.75 Å². The topological polar surface area (TPSA) is 92.6 Å². The summed E-state index contributed by atoms with van der Waals surface area (Å²) in [7, 11) is 0. The van der Waals surface area contributed by atoms with Crippen molar-refractivity contribution < 1.29 is 19.4 Å². The molecule has 1 fully saturated rings. The van der Waals surface area contributed by atoms with E-state index in [0.29, 0.717) is 38.6 Å². The number of hydrogen-bond donors (Lipinski definition) is 1. The molecule has 0 spiro atoms. The van der Waals surface area contributed by atoms with Gasteiger partial charge in [0.2, 0.25) is 5.13 Å². The van der Waals surface area contributed by atoms with Crippen LogP contribution in [0.1, 0.15) is 39.4 Å². The predicted molar refractivity (Wildman–Crippen MR) is 179 cm³/mol. The molecule has 1 N–H and O–H groups in total. The van der Waals surface area contributed by atoms with E-state index < -0.39 is 17.7 Å². The average Bonchev–Trinajstić information content (AvgIpc) is 3.61. The van der Waals surface area contributed by atoms with Gasteiger partial charge in [-0.3, -0.25) is 14.5 Å². The zero-order chi connectivity index (χ0) is 31.5. The number of ether oxygens (including phenoxy) is 1. The Morgan fingerprint density at radius 2 is 1.69 bits per heavy atom. The Kier molecular flexibility index (Phi) is 9.02. The van der Waals surface area contributed by atoms with Crippen molar-refractivity contribution in [2.24, 2.45) is 0 Å². The number of benzene rings is 4. The van der Waals surface area contributed by atoms with E-state index in [1.165, 1.54) is 28.0 Å². The fraction of sp³-hybridized carbons (Fsp3) is 0.143. The van der Waals surface area contributed by atoms with Gasteiger partial charge in [0.1, 0.15) is 18.1 Å². The number of carbonyl (C=O) groups is 2. The van der Waals surface area contributed by atoms with Crippen LogP contribution >= 0.6 is 34.7 Å². The van der Waals surface area contributed by atoms with Crippen LogP contribution in [0.25, 0.3) is 5.76 Å². The van der Waals surface area contributed by atoms with Gasteiger partial charge >= 0.3 is 5.91 Å². The van der Waals surface area contributed by atoms with E-state index in [9.17, 15) is 14.7 Å². The standard InChI is InChI=1S/C35H28ClN3O4S2/c1-21-10-12-24(13-11-21)30-29(31(40)25-14-16-27(17-15-25)43-19-23-7-5-6-22(2)18-23)32(41)33(42)39(30)34-37-38-35(45-34)44-20-26-8-3-4-9-28(26)36/h3-18,30,40H,19-20H2,1-2H3. The number of anilines is 1. The lowest BCUT2D eigenvalue weighted by Crippen LogP contribution is -2.29. The van der Waals surface area contributed by atoms with Crippen molar-refractivity contribution in [1.82, 2.24) is 10.2 Å². The van der Waals surface area contributed by atoms with E-state index in [4.69, 9.17) is 16.3 Å². The molecule has 0 saturated carbocycles. The van der Waals surface area contributed by atoms with E-state index in [2.05, 4.69) is 16.3 Å². The molecule has 1 aliphatic heterocycles. The summed E-state index contributed by atoms with van der Waals surface area (Å²) in [4.78, 5) is 28.5. The summed E-state index contributed by atoms with van der Waals surface area (Å²) >= 11 is 8.96. The Labute approximate surface area is 274 Å². The highest BCUT2D eigenvalue weighted by molar-refractivity contribution is 8.00. The first kappa shape index (κ1) is 30.6. The molecule has 0 aliphatic carbocycles. The lowest BCUT2D eigenvalue weighted by atomic mass is 9.95. The van der Waals surface area contributed by atoms with Crippen molar-refractivity contribution in [2.45, 2.75) is 36.6 Å². The van der Waals surface area contributed by atoms with Crippen molar-refractivity contribution in [3.63, 3.8) is 0 Å². The van der Waals surface area contributed by atoms with Gasteiger partial charge in [0.25, 0.3) is 5.78 Å². The zero-order valence-corrected chi connectivity index (χ0v) is 26.8. The summed E-state index contributed by atoms with van der Waals surface area (Å²) in [5.74, 6) is -0.666. The van der Waals surface area contributed by atoms with Crippen molar-refractivity contribution in [3.05, 3.63) is 141 Å². The molecule has 226 valence electrons. The molecule has 4 aromatic carbocycles. The molecule has 0 radical (unpaired) electrons. The summed E-state index contributed by atoms with van der Waals surface area (Å²) in [6.45, 7) is 4.38. The first-order valence-corrected chi connectivity index (χ1v) is 16.3. The number of amides is 1. The Bertz CT molecular complexity index is 1910. The van der Waals surface area contributed by atoms with Crippen LogP contribution in [0, 0.1) is 13.8 Å². The number of ketones is 1. The predicted octanol–water partition coefficient (Wildman–Crippen LogP) is 8.31. The van der Waals surface area contributed by atoms with E-state index in [1.54, 1.807) is 24.3 Å². The molecule has 1 saturated heterocycles. The fourth-order valence-electron chi connectivity index (χ4n) is 5.04. The normalized spacial score (nSPS) is 15.9. The lowest BCUT2D eigenvalue weighted by Gasteiger charge is -2.22. The number of thioether (sulfide) groups is 1. The van der Waals surface area contributed by atoms with Gasteiger partial charge in [0.05, 0.1) is 11.6 Å². The first-order chi connectivity index (χ1) is 21.8. The molecular weight excluding hydrogens is 626 g/mol. The van der Waals surface area contributed by atoms with Crippen molar-refractivity contribution >= 4 is 57.3 Å². The van der Waals surface area contributed by atoms with Crippen molar-refractivity contribution in [2.75, 3.05) is 4.90 Å². The molecule has 1 aliphatic rings. The Morgan fingerprint density at radius 1 is 0.933 bits per heavy atom. The van der Waals surface area contributed by atoms with E-state index in [1.807, 2.05) is 80.6 Å². The fourth-order valence-corrected chi connectivity index (χ4v) is 7.19. The summed E-state index contributed by atoms with van der Waals surface area (Å²) in [6, 6.07) is 29.1. The van der Waals surface area contributed by atoms with Crippen LogP contribution in [0.3, 0.4) is 0 Å². The minimum absolute atomic E-state index is 0.0160. The Hall–Kier alpha value is -4.44. The molecule has 2 heterocycles. The van der Waals surface area contributed by atoms with Gasteiger partial charge in [-0.25, -0.2) is 0 Å². The van der Waals surface area contributed by atoms with Gasteiger partial charge in [-0.2, -0.15) is 0 Å². The number of aliphatic hydroxyl groups excluding tert-OH is 1. The molecule has 7 nitrogen and oxygen atoms in total. The summed E-state index contributed by atoms with van der Waals surface area (Å²) < 4.78 is 6.55. The van der Waals surface area contributed by atoms with E-state index >= 15 is 0 Å². The molecule has 6 rings (SSSR count). The third kappa shape index (κ3) is 6.66. The number of aryl methyl sites for hydroxylation is 2.